The number of ether oxygens (including phenoxy) is 1. The Kier molecular flexibility index (Phi) is 6.36. The Balaban J connectivity index is 1.88. The summed E-state index contributed by atoms with van der Waals surface area (Å²) in [5.74, 6) is 1.24. The standard InChI is InChI=1S/C18H28N2O2S/c1-13-16(9-10-23-13)19-11-14-7-5-6-8-15(14)12-20-17(21)22-18(2,3)4/h5-8,13,16,19H,9-12H2,1-4H3,(H,20,21). The monoisotopic (exact) mass is 336 g/mol. The average Bonchev–Trinajstić information content (AvgIpc) is 2.87. The van der Waals surface area contributed by atoms with Crippen molar-refractivity contribution in [3.63, 3.8) is 0 Å². The van der Waals surface area contributed by atoms with Crippen molar-refractivity contribution in [3.05, 3.63) is 35.4 Å². The third-order valence-corrected chi connectivity index (χ3v) is 5.20. The fraction of sp³-hybridized carbons (Fsp3) is 0.611. The summed E-state index contributed by atoms with van der Waals surface area (Å²) in [7, 11) is 0. The lowest BCUT2D eigenvalue weighted by Gasteiger charge is -2.20. The molecule has 1 aromatic rings. The maximum Gasteiger partial charge on any atom is 0.407 e. The van der Waals surface area contributed by atoms with Crippen LogP contribution < -0.4 is 10.6 Å². The van der Waals surface area contributed by atoms with Crippen molar-refractivity contribution in [2.75, 3.05) is 5.75 Å². The fourth-order valence-corrected chi connectivity index (χ4v) is 3.85. The molecule has 0 radical (unpaired) electrons. The van der Waals surface area contributed by atoms with Crippen molar-refractivity contribution >= 4 is 17.9 Å². The molecule has 1 aliphatic rings. The van der Waals surface area contributed by atoms with Gasteiger partial charge in [-0.3, -0.25) is 0 Å². The Morgan fingerprint density at radius 1 is 1.26 bits per heavy atom. The zero-order valence-corrected chi connectivity index (χ0v) is 15.3. The molecule has 2 unspecified atom stereocenters. The van der Waals surface area contributed by atoms with E-state index in [0.29, 0.717) is 17.8 Å². The first-order valence-electron chi connectivity index (χ1n) is 8.24. The highest BCUT2D eigenvalue weighted by Gasteiger charge is 2.23. The van der Waals surface area contributed by atoms with Gasteiger partial charge in [0.25, 0.3) is 0 Å². The molecule has 0 saturated carbocycles. The first kappa shape index (κ1) is 18.1. The SMILES string of the molecule is CC1SCCC1NCc1ccccc1CNC(=O)OC(C)(C)C. The van der Waals surface area contributed by atoms with E-state index in [2.05, 4.69) is 29.7 Å². The van der Waals surface area contributed by atoms with Crippen LogP contribution in [0.5, 0.6) is 0 Å². The third-order valence-electron chi connectivity index (χ3n) is 3.87. The van der Waals surface area contributed by atoms with Crippen LogP contribution in [0.3, 0.4) is 0 Å². The van der Waals surface area contributed by atoms with Gasteiger partial charge in [-0.15, -0.1) is 0 Å². The van der Waals surface area contributed by atoms with E-state index in [1.165, 1.54) is 17.7 Å². The lowest BCUT2D eigenvalue weighted by Crippen LogP contribution is -2.34. The van der Waals surface area contributed by atoms with Crippen LogP contribution in [0.15, 0.2) is 24.3 Å². The molecule has 1 fully saturated rings. The van der Waals surface area contributed by atoms with Crippen LogP contribution in [0, 0.1) is 0 Å². The molecule has 0 bridgehead atoms. The van der Waals surface area contributed by atoms with E-state index in [4.69, 9.17) is 4.74 Å². The Morgan fingerprint density at radius 3 is 2.48 bits per heavy atom. The van der Waals surface area contributed by atoms with Crippen LogP contribution in [0.4, 0.5) is 4.79 Å². The van der Waals surface area contributed by atoms with Crippen LogP contribution in [0.1, 0.15) is 45.2 Å². The molecule has 2 atom stereocenters. The van der Waals surface area contributed by atoms with E-state index in [1.807, 2.05) is 44.7 Å². The van der Waals surface area contributed by atoms with Gasteiger partial charge in [0, 0.05) is 24.4 Å². The summed E-state index contributed by atoms with van der Waals surface area (Å²) in [5.41, 5.74) is 1.89. The number of hydrogen-bond donors (Lipinski definition) is 2. The van der Waals surface area contributed by atoms with Crippen LogP contribution in [0.25, 0.3) is 0 Å². The first-order valence-corrected chi connectivity index (χ1v) is 9.28. The largest absolute Gasteiger partial charge is 0.444 e. The van der Waals surface area contributed by atoms with E-state index < -0.39 is 5.60 Å². The summed E-state index contributed by atoms with van der Waals surface area (Å²) in [6, 6.07) is 8.80. The van der Waals surface area contributed by atoms with Gasteiger partial charge in [0.15, 0.2) is 0 Å². The molecule has 23 heavy (non-hydrogen) atoms. The van der Waals surface area contributed by atoms with Crippen LogP contribution in [-0.2, 0) is 17.8 Å². The Morgan fingerprint density at radius 2 is 1.91 bits per heavy atom. The summed E-state index contributed by atoms with van der Waals surface area (Å²) < 4.78 is 5.29. The number of nitrogens with one attached hydrogen (secondary N) is 2. The van der Waals surface area contributed by atoms with E-state index in [9.17, 15) is 4.79 Å². The summed E-state index contributed by atoms with van der Waals surface area (Å²) in [5, 5.41) is 7.16. The molecule has 0 spiro atoms. The normalized spacial score (nSPS) is 21.2. The topological polar surface area (TPSA) is 50.4 Å². The van der Waals surface area contributed by atoms with Crippen molar-refractivity contribution in [1.29, 1.82) is 0 Å². The molecular weight excluding hydrogens is 308 g/mol. The Labute approximate surface area is 143 Å². The zero-order chi connectivity index (χ0) is 16.9. The van der Waals surface area contributed by atoms with Gasteiger partial charge in [-0.1, -0.05) is 31.2 Å². The number of carbonyl (C=O) groups is 1. The van der Waals surface area contributed by atoms with E-state index in [-0.39, 0.29) is 6.09 Å². The molecule has 128 valence electrons. The van der Waals surface area contributed by atoms with Gasteiger partial charge in [-0.2, -0.15) is 11.8 Å². The number of thioether (sulfide) groups is 1. The van der Waals surface area contributed by atoms with Gasteiger partial charge >= 0.3 is 6.09 Å². The predicted octanol–water partition coefficient (Wildman–Crippen LogP) is 3.69. The van der Waals surface area contributed by atoms with Crippen molar-refractivity contribution in [3.8, 4) is 0 Å². The molecule has 1 saturated heterocycles. The van der Waals surface area contributed by atoms with Gasteiger partial charge in [0.1, 0.15) is 5.60 Å². The molecule has 0 aromatic heterocycles. The average molecular weight is 337 g/mol. The second kappa shape index (κ2) is 8.06. The van der Waals surface area contributed by atoms with E-state index >= 15 is 0 Å². The number of benzene rings is 1. The fourth-order valence-electron chi connectivity index (χ4n) is 2.62. The summed E-state index contributed by atoms with van der Waals surface area (Å²) in [6.45, 7) is 9.20. The van der Waals surface area contributed by atoms with Gasteiger partial charge in [-0.25, -0.2) is 4.79 Å². The second-order valence-corrected chi connectivity index (χ2v) is 8.46. The number of rotatable bonds is 5. The molecule has 4 nitrogen and oxygen atoms in total. The quantitative estimate of drug-likeness (QED) is 0.861. The number of alkyl carbamates (subject to hydrolysis) is 1. The minimum atomic E-state index is -0.471. The maximum absolute atomic E-state index is 11.8. The third kappa shape index (κ3) is 6.07. The number of hydrogen-bond acceptors (Lipinski definition) is 4. The van der Waals surface area contributed by atoms with Crippen LogP contribution in [0.2, 0.25) is 0 Å². The zero-order valence-electron chi connectivity index (χ0n) is 14.5. The van der Waals surface area contributed by atoms with Crippen molar-refractivity contribution < 1.29 is 9.53 Å². The highest BCUT2D eigenvalue weighted by Crippen LogP contribution is 2.26. The first-order chi connectivity index (χ1) is 10.8. The minimum Gasteiger partial charge on any atom is -0.444 e. The van der Waals surface area contributed by atoms with Crippen LogP contribution >= 0.6 is 11.8 Å². The van der Waals surface area contributed by atoms with Crippen molar-refractivity contribution in [2.45, 2.75) is 64.1 Å². The van der Waals surface area contributed by atoms with E-state index in [1.54, 1.807) is 0 Å². The molecule has 1 heterocycles. The molecular formula is C18H28N2O2S. The number of carbonyl (C=O) groups excluding carboxylic acids is 1. The van der Waals surface area contributed by atoms with E-state index in [0.717, 1.165) is 12.1 Å². The van der Waals surface area contributed by atoms with Gasteiger partial charge < -0.3 is 15.4 Å². The Hall–Kier alpha value is -1.20. The minimum absolute atomic E-state index is 0.374. The van der Waals surface area contributed by atoms with Crippen molar-refractivity contribution in [2.24, 2.45) is 0 Å². The molecule has 1 aliphatic heterocycles. The highest BCUT2D eigenvalue weighted by atomic mass is 32.2. The van der Waals surface area contributed by atoms with Gasteiger partial charge in [0.05, 0.1) is 0 Å². The highest BCUT2D eigenvalue weighted by molar-refractivity contribution is 8.00. The second-order valence-electron chi connectivity index (χ2n) is 6.98. The Bertz CT molecular complexity index is 528. The lowest BCUT2D eigenvalue weighted by atomic mass is 10.1. The molecule has 5 heteroatoms. The smallest absolute Gasteiger partial charge is 0.407 e. The molecule has 0 aliphatic carbocycles. The number of amides is 1. The van der Waals surface area contributed by atoms with Gasteiger partial charge in [-0.05, 0) is 44.1 Å². The summed E-state index contributed by atoms with van der Waals surface area (Å²) in [6.07, 6.45) is 0.852. The summed E-state index contributed by atoms with van der Waals surface area (Å²) >= 11 is 2.03. The van der Waals surface area contributed by atoms with Crippen LogP contribution in [-0.4, -0.2) is 28.7 Å². The molecule has 2 rings (SSSR count). The lowest BCUT2D eigenvalue weighted by molar-refractivity contribution is 0.0523. The van der Waals surface area contributed by atoms with Gasteiger partial charge in [0.2, 0.25) is 0 Å². The predicted molar refractivity (Wildman–Crippen MR) is 96.7 cm³/mol. The summed E-state index contributed by atoms with van der Waals surface area (Å²) in [4.78, 5) is 11.8. The molecule has 1 amide bonds. The van der Waals surface area contributed by atoms with Crippen molar-refractivity contribution in [1.82, 2.24) is 10.6 Å². The molecule has 2 N–H and O–H groups in total. The molecule has 1 aromatic carbocycles. The maximum atomic E-state index is 11.8.